The number of aryl methyl sites for hydroxylation is 2. The summed E-state index contributed by atoms with van der Waals surface area (Å²) in [6.07, 6.45) is 1.04. The minimum absolute atomic E-state index is 0.00132. The lowest BCUT2D eigenvalue weighted by molar-refractivity contribution is -0.116. The van der Waals surface area contributed by atoms with Crippen molar-refractivity contribution in [1.82, 2.24) is 14.7 Å². The van der Waals surface area contributed by atoms with Crippen molar-refractivity contribution in [1.29, 1.82) is 0 Å². The molecule has 0 aliphatic carbocycles. The van der Waals surface area contributed by atoms with Gasteiger partial charge in [-0.25, -0.2) is 0 Å². The number of aromatic nitrogens is 2. The Hall–Kier alpha value is -2.67. The van der Waals surface area contributed by atoms with Crippen LogP contribution in [0.4, 0.5) is 5.82 Å². The largest absolute Gasteiger partial charge is 0.372 e. The number of amides is 2. The van der Waals surface area contributed by atoms with E-state index in [0.717, 1.165) is 5.56 Å². The van der Waals surface area contributed by atoms with E-state index in [9.17, 15) is 9.59 Å². The van der Waals surface area contributed by atoms with E-state index < -0.39 is 0 Å². The molecule has 1 aromatic carbocycles. The number of morpholine rings is 1. The second-order valence-corrected chi connectivity index (χ2v) is 7.04. The molecule has 1 N–H and O–H groups in total. The molecular weight excluding hydrogens is 344 g/mol. The Morgan fingerprint density at radius 1 is 1.19 bits per heavy atom. The average Bonchev–Trinajstić information content (AvgIpc) is 3.00. The summed E-state index contributed by atoms with van der Waals surface area (Å²) < 4.78 is 7.20. The molecule has 7 heteroatoms. The van der Waals surface area contributed by atoms with Crippen LogP contribution in [0, 0.1) is 0 Å². The normalized spacial score (nSPS) is 19.7. The number of carbonyl (C=O) groups excluding carboxylic acids is 2. The van der Waals surface area contributed by atoms with Gasteiger partial charge in [0.05, 0.1) is 12.2 Å². The molecule has 0 radical (unpaired) electrons. The Bertz CT molecular complexity index is 793. The predicted molar refractivity (Wildman–Crippen MR) is 103 cm³/mol. The Kier molecular flexibility index (Phi) is 5.91. The smallest absolute Gasteiger partial charge is 0.274 e. The molecule has 1 fully saturated rings. The molecule has 2 heterocycles. The third-order valence-electron chi connectivity index (χ3n) is 4.56. The van der Waals surface area contributed by atoms with E-state index in [4.69, 9.17) is 4.74 Å². The second kappa shape index (κ2) is 8.35. The van der Waals surface area contributed by atoms with Gasteiger partial charge in [0.25, 0.3) is 5.91 Å². The molecule has 27 heavy (non-hydrogen) atoms. The standard InChI is InChI=1S/C20H26N4O3/c1-14-12-24(13-15(2)27-14)20(26)17-11-18(23(3)22-17)21-19(25)10-9-16-7-5-4-6-8-16/h4-8,11,14-15H,9-10,12-13H2,1-3H3,(H,21,25). The van der Waals surface area contributed by atoms with E-state index in [1.165, 1.54) is 4.68 Å². The number of nitrogens with zero attached hydrogens (tertiary/aromatic N) is 3. The third kappa shape index (κ3) is 4.95. The van der Waals surface area contributed by atoms with Crippen LogP contribution in [0.3, 0.4) is 0 Å². The highest BCUT2D eigenvalue weighted by Crippen LogP contribution is 2.16. The number of rotatable bonds is 5. The topological polar surface area (TPSA) is 76.5 Å². The van der Waals surface area contributed by atoms with Crippen LogP contribution >= 0.6 is 0 Å². The van der Waals surface area contributed by atoms with Gasteiger partial charge in [-0.3, -0.25) is 14.3 Å². The summed E-state index contributed by atoms with van der Waals surface area (Å²) in [5.74, 6) is 0.276. The number of ether oxygens (including phenoxy) is 1. The Morgan fingerprint density at radius 2 is 1.85 bits per heavy atom. The molecule has 2 unspecified atom stereocenters. The summed E-state index contributed by atoms with van der Waals surface area (Å²) in [5, 5.41) is 7.12. The Balaban J connectivity index is 1.60. The fraction of sp³-hybridized carbons (Fsp3) is 0.450. The van der Waals surface area contributed by atoms with Gasteiger partial charge in [0.2, 0.25) is 5.91 Å². The van der Waals surface area contributed by atoms with Crippen LogP contribution in [0.1, 0.15) is 36.3 Å². The van der Waals surface area contributed by atoms with Crippen molar-refractivity contribution in [2.24, 2.45) is 7.05 Å². The summed E-state index contributed by atoms with van der Waals surface area (Å²) >= 11 is 0. The highest BCUT2D eigenvalue weighted by atomic mass is 16.5. The molecule has 2 amide bonds. The average molecular weight is 370 g/mol. The molecule has 1 aromatic heterocycles. The van der Waals surface area contributed by atoms with Gasteiger partial charge < -0.3 is 15.0 Å². The van der Waals surface area contributed by atoms with Crippen molar-refractivity contribution in [3.05, 3.63) is 47.7 Å². The van der Waals surface area contributed by atoms with E-state index >= 15 is 0 Å². The number of benzene rings is 1. The molecule has 3 rings (SSSR count). The van der Waals surface area contributed by atoms with Gasteiger partial charge >= 0.3 is 0 Å². The highest BCUT2D eigenvalue weighted by Gasteiger charge is 2.28. The molecule has 2 atom stereocenters. The van der Waals surface area contributed by atoms with Gasteiger partial charge in [0.15, 0.2) is 5.69 Å². The second-order valence-electron chi connectivity index (χ2n) is 7.04. The summed E-state index contributed by atoms with van der Waals surface area (Å²) in [6.45, 7) is 4.98. The number of hydrogen-bond acceptors (Lipinski definition) is 4. The lowest BCUT2D eigenvalue weighted by Gasteiger charge is -2.34. The first-order valence-corrected chi connectivity index (χ1v) is 9.25. The van der Waals surface area contributed by atoms with Crippen LogP contribution in [0.25, 0.3) is 0 Å². The van der Waals surface area contributed by atoms with Crippen molar-refractivity contribution in [3.8, 4) is 0 Å². The van der Waals surface area contributed by atoms with Crippen LogP contribution in [-0.2, 0) is 23.0 Å². The Morgan fingerprint density at radius 3 is 2.52 bits per heavy atom. The number of carbonyl (C=O) groups is 2. The van der Waals surface area contributed by atoms with Crippen LogP contribution in [0.2, 0.25) is 0 Å². The number of hydrogen-bond donors (Lipinski definition) is 1. The number of anilines is 1. The van der Waals surface area contributed by atoms with Crippen molar-refractivity contribution >= 4 is 17.6 Å². The molecule has 1 aliphatic rings. The van der Waals surface area contributed by atoms with Crippen molar-refractivity contribution in [3.63, 3.8) is 0 Å². The monoisotopic (exact) mass is 370 g/mol. The highest BCUT2D eigenvalue weighted by molar-refractivity contribution is 5.95. The first kappa shape index (κ1) is 19.1. The maximum atomic E-state index is 12.7. The molecule has 1 aliphatic heterocycles. The van der Waals surface area contributed by atoms with Crippen molar-refractivity contribution < 1.29 is 14.3 Å². The Labute approximate surface area is 159 Å². The molecule has 2 aromatic rings. The van der Waals surface area contributed by atoms with Gasteiger partial charge in [0, 0.05) is 32.6 Å². The van der Waals surface area contributed by atoms with Gasteiger partial charge in [-0.1, -0.05) is 30.3 Å². The molecule has 7 nitrogen and oxygen atoms in total. The van der Waals surface area contributed by atoms with E-state index in [1.54, 1.807) is 18.0 Å². The van der Waals surface area contributed by atoms with Crippen molar-refractivity contribution in [2.45, 2.75) is 38.9 Å². The zero-order valence-corrected chi connectivity index (χ0v) is 16.0. The van der Waals surface area contributed by atoms with E-state index in [2.05, 4.69) is 10.4 Å². The fourth-order valence-electron chi connectivity index (χ4n) is 3.30. The van der Waals surface area contributed by atoms with Gasteiger partial charge in [0.1, 0.15) is 5.82 Å². The summed E-state index contributed by atoms with van der Waals surface area (Å²) in [5.41, 5.74) is 1.45. The SMILES string of the molecule is CC1CN(C(=O)c2cc(NC(=O)CCc3ccccc3)n(C)n2)CC(C)O1. The van der Waals surface area contributed by atoms with Gasteiger partial charge in [-0.2, -0.15) is 5.10 Å². The summed E-state index contributed by atoms with van der Waals surface area (Å²) in [6, 6.07) is 11.5. The number of nitrogens with one attached hydrogen (secondary N) is 1. The van der Waals surface area contributed by atoms with Gasteiger partial charge in [-0.05, 0) is 25.8 Å². The van der Waals surface area contributed by atoms with E-state index in [-0.39, 0.29) is 24.0 Å². The fourth-order valence-corrected chi connectivity index (χ4v) is 3.30. The van der Waals surface area contributed by atoms with E-state index in [0.29, 0.717) is 37.4 Å². The molecule has 1 saturated heterocycles. The lowest BCUT2D eigenvalue weighted by Crippen LogP contribution is -2.48. The molecule has 0 bridgehead atoms. The maximum absolute atomic E-state index is 12.7. The first-order chi connectivity index (χ1) is 12.9. The summed E-state index contributed by atoms with van der Waals surface area (Å²) in [4.78, 5) is 26.7. The van der Waals surface area contributed by atoms with Crippen molar-refractivity contribution in [2.75, 3.05) is 18.4 Å². The summed E-state index contributed by atoms with van der Waals surface area (Å²) in [7, 11) is 1.72. The zero-order chi connectivity index (χ0) is 19.4. The zero-order valence-electron chi connectivity index (χ0n) is 16.0. The van der Waals surface area contributed by atoms with E-state index in [1.807, 2.05) is 44.2 Å². The molecule has 144 valence electrons. The minimum Gasteiger partial charge on any atom is -0.372 e. The molecule has 0 saturated carbocycles. The lowest BCUT2D eigenvalue weighted by atomic mass is 10.1. The van der Waals surface area contributed by atoms with Crippen LogP contribution in [0.5, 0.6) is 0 Å². The maximum Gasteiger partial charge on any atom is 0.274 e. The van der Waals surface area contributed by atoms with Gasteiger partial charge in [-0.15, -0.1) is 0 Å². The molecular formula is C20H26N4O3. The minimum atomic E-state index is -0.141. The molecule has 0 spiro atoms. The van der Waals surface area contributed by atoms with Crippen LogP contribution < -0.4 is 5.32 Å². The predicted octanol–water partition coefficient (Wildman–Crippen LogP) is 2.24. The third-order valence-corrected chi connectivity index (χ3v) is 4.56. The van der Waals surface area contributed by atoms with Crippen LogP contribution in [-0.4, -0.2) is 51.8 Å². The van der Waals surface area contributed by atoms with Crippen LogP contribution in [0.15, 0.2) is 36.4 Å². The quantitative estimate of drug-likeness (QED) is 0.876. The first-order valence-electron chi connectivity index (χ1n) is 9.25.